The molecule has 0 radical (unpaired) electrons. The fourth-order valence-electron chi connectivity index (χ4n) is 3.97. The molecule has 1 aliphatic heterocycles. The zero-order chi connectivity index (χ0) is 21.8. The quantitative estimate of drug-likeness (QED) is 0.556. The van der Waals surface area contributed by atoms with Crippen LogP contribution in [-0.2, 0) is 16.4 Å². The largest absolute Gasteiger partial charge is 0.497 e. The van der Waals surface area contributed by atoms with Gasteiger partial charge in [-0.2, -0.15) is 4.31 Å². The van der Waals surface area contributed by atoms with Gasteiger partial charge in [-0.3, -0.25) is 4.90 Å². The molecule has 3 aromatic carbocycles. The fourth-order valence-corrected chi connectivity index (χ4v) is 5.56. The monoisotopic (exact) mass is 436 g/mol. The number of benzene rings is 3. The van der Waals surface area contributed by atoms with E-state index in [1.807, 2.05) is 61.5 Å². The van der Waals surface area contributed by atoms with Crippen molar-refractivity contribution in [3.8, 4) is 5.75 Å². The third kappa shape index (κ3) is 4.82. The van der Waals surface area contributed by atoms with E-state index in [1.165, 1.54) is 5.56 Å². The van der Waals surface area contributed by atoms with E-state index in [9.17, 15) is 8.42 Å². The molecule has 1 saturated heterocycles. The first-order chi connectivity index (χ1) is 15.0. The lowest BCUT2D eigenvalue weighted by atomic mass is 10.1. The van der Waals surface area contributed by atoms with Crippen LogP contribution in [0, 0.1) is 6.92 Å². The number of methoxy groups -OCH3 is 1. The van der Waals surface area contributed by atoms with E-state index < -0.39 is 10.0 Å². The minimum absolute atomic E-state index is 0.243. The molecule has 3 aromatic rings. The highest BCUT2D eigenvalue weighted by Crippen LogP contribution is 2.34. The molecule has 1 aliphatic rings. The Hall–Kier alpha value is -2.67. The minimum atomic E-state index is -3.62. The molecule has 6 heteroatoms. The number of rotatable bonds is 7. The van der Waals surface area contributed by atoms with Crippen molar-refractivity contribution in [3.63, 3.8) is 0 Å². The summed E-state index contributed by atoms with van der Waals surface area (Å²) >= 11 is 0. The van der Waals surface area contributed by atoms with Gasteiger partial charge in [0.1, 0.15) is 5.75 Å². The first kappa shape index (κ1) is 21.6. The van der Waals surface area contributed by atoms with Gasteiger partial charge in [0.25, 0.3) is 0 Å². The highest BCUT2D eigenvalue weighted by molar-refractivity contribution is 7.89. The number of hydrogen-bond acceptors (Lipinski definition) is 4. The number of sulfonamides is 1. The molecule has 5 nitrogen and oxygen atoms in total. The molecular weight excluding hydrogens is 408 g/mol. The van der Waals surface area contributed by atoms with Crippen molar-refractivity contribution in [2.45, 2.75) is 24.3 Å². The summed E-state index contributed by atoms with van der Waals surface area (Å²) in [6, 6.07) is 24.8. The second-order valence-electron chi connectivity index (χ2n) is 7.95. The third-order valence-corrected chi connectivity index (χ3v) is 7.66. The van der Waals surface area contributed by atoms with E-state index in [4.69, 9.17) is 4.74 Å². The summed E-state index contributed by atoms with van der Waals surface area (Å²) in [6.07, 6.45) is 0.884. The number of aryl methyl sites for hydroxylation is 1. The van der Waals surface area contributed by atoms with Crippen LogP contribution < -0.4 is 4.74 Å². The summed E-state index contributed by atoms with van der Waals surface area (Å²) in [6.45, 7) is 3.79. The van der Waals surface area contributed by atoms with Gasteiger partial charge in [-0.25, -0.2) is 8.42 Å². The fraction of sp³-hybridized carbons (Fsp3) is 0.280. The summed E-state index contributed by atoms with van der Waals surface area (Å²) in [4.78, 5) is 2.55. The zero-order valence-electron chi connectivity index (χ0n) is 17.9. The molecule has 4 rings (SSSR count). The Morgan fingerprint density at radius 3 is 2.26 bits per heavy atom. The SMILES string of the molecule is COc1ccc(C2CN(CCc3ccccc3)CN2S(=O)(=O)c2ccc(C)cc2)cc1. The van der Waals surface area contributed by atoms with Gasteiger partial charge in [-0.05, 0) is 48.7 Å². The number of hydrogen-bond donors (Lipinski definition) is 0. The number of nitrogens with zero attached hydrogens (tertiary/aromatic N) is 2. The van der Waals surface area contributed by atoms with Gasteiger partial charge >= 0.3 is 0 Å². The van der Waals surface area contributed by atoms with Crippen LogP contribution in [0.3, 0.4) is 0 Å². The van der Waals surface area contributed by atoms with E-state index in [2.05, 4.69) is 17.0 Å². The molecule has 0 spiro atoms. The predicted molar refractivity (Wildman–Crippen MR) is 123 cm³/mol. The molecule has 0 saturated carbocycles. The highest BCUT2D eigenvalue weighted by Gasteiger charge is 2.39. The second-order valence-corrected chi connectivity index (χ2v) is 9.84. The Bertz CT molecular complexity index is 1100. The summed E-state index contributed by atoms with van der Waals surface area (Å²) in [7, 11) is -1.99. The lowest BCUT2D eigenvalue weighted by Crippen LogP contribution is -2.33. The standard InChI is InChI=1S/C25H28N2O3S/c1-20-8-14-24(15-9-20)31(28,29)27-19-26(17-16-21-6-4-3-5-7-21)18-25(27)22-10-12-23(30-2)13-11-22/h3-15,25H,16-19H2,1-2H3. The maximum Gasteiger partial charge on any atom is 0.244 e. The maximum absolute atomic E-state index is 13.5. The Labute approximate surface area is 184 Å². The normalized spacial score (nSPS) is 17.7. The van der Waals surface area contributed by atoms with E-state index >= 15 is 0 Å². The molecule has 1 atom stereocenters. The van der Waals surface area contributed by atoms with Crippen LogP contribution in [0.15, 0.2) is 83.8 Å². The van der Waals surface area contributed by atoms with Crippen LogP contribution in [0.25, 0.3) is 0 Å². The molecule has 31 heavy (non-hydrogen) atoms. The smallest absolute Gasteiger partial charge is 0.244 e. The Kier molecular flexibility index (Phi) is 6.41. The van der Waals surface area contributed by atoms with Gasteiger partial charge in [-0.15, -0.1) is 0 Å². The van der Waals surface area contributed by atoms with Crippen LogP contribution in [0.5, 0.6) is 5.75 Å². The topological polar surface area (TPSA) is 49.9 Å². The Morgan fingerprint density at radius 1 is 0.935 bits per heavy atom. The molecule has 1 unspecified atom stereocenters. The average molecular weight is 437 g/mol. The molecule has 1 heterocycles. The first-order valence-corrected chi connectivity index (χ1v) is 11.9. The van der Waals surface area contributed by atoms with Crippen molar-refractivity contribution in [1.82, 2.24) is 9.21 Å². The van der Waals surface area contributed by atoms with Crippen LogP contribution in [-0.4, -0.2) is 44.5 Å². The minimum Gasteiger partial charge on any atom is -0.497 e. The van der Waals surface area contributed by atoms with E-state index in [-0.39, 0.29) is 6.04 Å². The van der Waals surface area contributed by atoms with Crippen molar-refractivity contribution in [1.29, 1.82) is 0 Å². The van der Waals surface area contributed by atoms with Crippen molar-refractivity contribution in [2.24, 2.45) is 0 Å². The van der Waals surface area contributed by atoms with Gasteiger partial charge in [0.05, 0.1) is 24.7 Å². The second kappa shape index (κ2) is 9.22. The average Bonchev–Trinajstić information content (AvgIpc) is 3.24. The van der Waals surface area contributed by atoms with Crippen molar-refractivity contribution in [2.75, 3.05) is 26.9 Å². The lowest BCUT2D eigenvalue weighted by molar-refractivity contribution is 0.306. The Morgan fingerprint density at radius 2 is 1.61 bits per heavy atom. The van der Waals surface area contributed by atoms with Crippen LogP contribution in [0.2, 0.25) is 0 Å². The van der Waals surface area contributed by atoms with Crippen molar-refractivity contribution >= 4 is 10.0 Å². The van der Waals surface area contributed by atoms with Crippen LogP contribution in [0.4, 0.5) is 0 Å². The van der Waals surface area contributed by atoms with Gasteiger partial charge in [-0.1, -0.05) is 60.2 Å². The van der Waals surface area contributed by atoms with Crippen molar-refractivity contribution in [3.05, 3.63) is 95.6 Å². The molecule has 1 fully saturated rings. The summed E-state index contributed by atoms with van der Waals surface area (Å²) in [5.41, 5.74) is 3.26. The molecule has 0 N–H and O–H groups in total. The first-order valence-electron chi connectivity index (χ1n) is 10.5. The van der Waals surface area contributed by atoms with Gasteiger partial charge < -0.3 is 4.74 Å². The lowest BCUT2D eigenvalue weighted by Gasteiger charge is -2.23. The van der Waals surface area contributed by atoms with Gasteiger partial charge in [0.2, 0.25) is 10.0 Å². The van der Waals surface area contributed by atoms with E-state index in [0.717, 1.165) is 29.8 Å². The number of ether oxygens (including phenoxy) is 1. The summed E-state index contributed by atoms with van der Waals surface area (Å²) < 4.78 is 34.0. The molecule has 0 aromatic heterocycles. The summed E-state index contributed by atoms with van der Waals surface area (Å²) in [5.74, 6) is 0.760. The molecule has 162 valence electrons. The highest BCUT2D eigenvalue weighted by atomic mass is 32.2. The van der Waals surface area contributed by atoms with E-state index in [0.29, 0.717) is 18.1 Å². The molecule has 0 aliphatic carbocycles. The Balaban J connectivity index is 1.61. The van der Waals surface area contributed by atoms with Crippen LogP contribution >= 0.6 is 0 Å². The molecule has 0 amide bonds. The third-order valence-electron chi connectivity index (χ3n) is 5.81. The van der Waals surface area contributed by atoms with Crippen LogP contribution in [0.1, 0.15) is 22.7 Å². The van der Waals surface area contributed by atoms with Gasteiger partial charge in [0, 0.05) is 13.1 Å². The zero-order valence-corrected chi connectivity index (χ0v) is 18.8. The molecular formula is C25H28N2O3S. The summed E-state index contributed by atoms with van der Waals surface area (Å²) in [5, 5.41) is 0. The predicted octanol–water partition coefficient (Wildman–Crippen LogP) is 4.25. The molecule has 0 bridgehead atoms. The van der Waals surface area contributed by atoms with Crippen molar-refractivity contribution < 1.29 is 13.2 Å². The maximum atomic E-state index is 13.5. The van der Waals surface area contributed by atoms with E-state index in [1.54, 1.807) is 23.5 Å². The van der Waals surface area contributed by atoms with Gasteiger partial charge in [0.15, 0.2) is 0 Å².